The van der Waals surface area contributed by atoms with Crippen molar-refractivity contribution < 1.29 is 9.72 Å². The van der Waals surface area contributed by atoms with Gasteiger partial charge in [-0.15, -0.1) is 0 Å². The van der Waals surface area contributed by atoms with Crippen LogP contribution in [0, 0.1) is 10.1 Å². The summed E-state index contributed by atoms with van der Waals surface area (Å²) in [5.41, 5.74) is 2.53. The molecule has 8 heteroatoms. The predicted molar refractivity (Wildman–Crippen MR) is 111 cm³/mol. The van der Waals surface area contributed by atoms with Crippen molar-refractivity contribution in [2.24, 2.45) is 0 Å². The summed E-state index contributed by atoms with van der Waals surface area (Å²) in [6.45, 7) is 4.89. The molecule has 0 aromatic heterocycles. The van der Waals surface area contributed by atoms with Crippen molar-refractivity contribution in [2.75, 3.05) is 42.9 Å². The third-order valence-electron chi connectivity index (χ3n) is 4.89. The van der Waals surface area contributed by atoms with Crippen molar-refractivity contribution in [3.63, 3.8) is 0 Å². The highest BCUT2D eigenvalue weighted by Crippen LogP contribution is 2.31. The Morgan fingerprint density at radius 1 is 1.18 bits per heavy atom. The van der Waals surface area contributed by atoms with Crippen LogP contribution in [0.1, 0.15) is 12.5 Å². The molecular formula is C20H23ClN4O3. The van der Waals surface area contributed by atoms with E-state index in [2.05, 4.69) is 17.1 Å². The van der Waals surface area contributed by atoms with Crippen LogP contribution in [-0.2, 0) is 11.2 Å². The first-order chi connectivity index (χ1) is 13.5. The number of carbonyl (C=O) groups excluding carboxylic acids is 1. The van der Waals surface area contributed by atoms with Crippen LogP contribution in [0.5, 0.6) is 0 Å². The van der Waals surface area contributed by atoms with Crippen LogP contribution in [0.15, 0.2) is 42.5 Å². The molecule has 1 N–H and O–H groups in total. The molecule has 2 aromatic carbocycles. The quantitative estimate of drug-likeness (QED) is 0.590. The highest BCUT2D eigenvalue weighted by Gasteiger charge is 2.25. The Morgan fingerprint density at radius 2 is 1.89 bits per heavy atom. The van der Waals surface area contributed by atoms with Crippen LogP contribution in [0.25, 0.3) is 0 Å². The lowest BCUT2D eigenvalue weighted by atomic mass is 10.1. The average Bonchev–Trinajstić information content (AvgIpc) is 2.69. The standard InChI is InChI=1S/C20H23ClN4O3/c1-2-15-5-3-4-6-17(15)22-20(26)14-23-9-11-24(12-10-23)18-8-7-16(21)13-19(18)25(27)28/h3-8,13H,2,9-12,14H2,1H3,(H,22,26). The number of nitro groups is 1. The third kappa shape index (κ3) is 4.79. The van der Waals surface area contributed by atoms with Gasteiger partial charge < -0.3 is 10.2 Å². The minimum Gasteiger partial charge on any atom is -0.363 e. The fourth-order valence-electron chi connectivity index (χ4n) is 3.40. The van der Waals surface area contributed by atoms with Gasteiger partial charge in [-0.25, -0.2) is 0 Å². The Bertz CT molecular complexity index is 866. The fraction of sp³-hybridized carbons (Fsp3) is 0.350. The number of amides is 1. The van der Waals surface area contributed by atoms with Crippen LogP contribution >= 0.6 is 11.6 Å². The predicted octanol–water partition coefficient (Wildman–Crippen LogP) is 3.57. The van der Waals surface area contributed by atoms with E-state index in [-0.39, 0.29) is 11.6 Å². The molecule has 3 rings (SSSR count). The number of carbonyl (C=O) groups is 1. The summed E-state index contributed by atoms with van der Waals surface area (Å²) in [4.78, 5) is 27.3. The van der Waals surface area contributed by atoms with E-state index in [1.54, 1.807) is 12.1 Å². The zero-order valence-electron chi connectivity index (χ0n) is 15.7. The van der Waals surface area contributed by atoms with Crippen molar-refractivity contribution in [3.05, 3.63) is 63.2 Å². The number of rotatable bonds is 6. The summed E-state index contributed by atoms with van der Waals surface area (Å²) in [5.74, 6) is -0.0492. The van der Waals surface area contributed by atoms with E-state index < -0.39 is 4.92 Å². The lowest BCUT2D eigenvalue weighted by Crippen LogP contribution is -2.48. The highest BCUT2D eigenvalue weighted by atomic mass is 35.5. The lowest BCUT2D eigenvalue weighted by molar-refractivity contribution is -0.384. The SMILES string of the molecule is CCc1ccccc1NC(=O)CN1CCN(c2ccc(Cl)cc2[N+](=O)[O-])CC1. The van der Waals surface area contributed by atoms with Gasteiger partial charge in [-0.05, 0) is 30.2 Å². The number of aryl methyl sites for hydroxylation is 1. The van der Waals surface area contributed by atoms with E-state index in [4.69, 9.17) is 11.6 Å². The molecule has 2 aromatic rings. The Hall–Kier alpha value is -2.64. The fourth-order valence-corrected chi connectivity index (χ4v) is 3.57. The first-order valence-electron chi connectivity index (χ1n) is 9.27. The number of nitrogens with one attached hydrogen (secondary N) is 1. The second-order valence-electron chi connectivity index (χ2n) is 6.71. The number of halogens is 1. The second-order valence-corrected chi connectivity index (χ2v) is 7.15. The molecule has 1 fully saturated rings. The zero-order valence-corrected chi connectivity index (χ0v) is 16.5. The molecule has 0 spiro atoms. The molecule has 1 aliphatic heterocycles. The summed E-state index contributed by atoms with van der Waals surface area (Å²) >= 11 is 5.89. The van der Waals surface area contributed by atoms with Crippen molar-refractivity contribution in [2.45, 2.75) is 13.3 Å². The maximum atomic E-state index is 12.4. The van der Waals surface area contributed by atoms with Gasteiger partial charge >= 0.3 is 0 Å². The summed E-state index contributed by atoms with van der Waals surface area (Å²) in [7, 11) is 0. The summed E-state index contributed by atoms with van der Waals surface area (Å²) < 4.78 is 0. The molecule has 0 unspecified atom stereocenters. The molecule has 0 saturated carbocycles. The minimum atomic E-state index is -0.411. The summed E-state index contributed by atoms with van der Waals surface area (Å²) in [6.07, 6.45) is 0.856. The summed E-state index contributed by atoms with van der Waals surface area (Å²) in [6, 6.07) is 12.5. The molecule has 0 atom stereocenters. The zero-order chi connectivity index (χ0) is 20.1. The summed E-state index contributed by atoms with van der Waals surface area (Å²) in [5, 5.41) is 14.6. The van der Waals surface area contributed by atoms with E-state index in [1.165, 1.54) is 6.07 Å². The van der Waals surface area contributed by atoms with Crippen LogP contribution < -0.4 is 10.2 Å². The van der Waals surface area contributed by atoms with Crippen LogP contribution in [0.3, 0.4) is 0 Å². The molecule has 1 heterocycles. The molecule has 1 amide bonds. The smallest absolute Gasteiger partial charge is 0.294 e. The monoisotopic (exact) mass is 402 g/mol. The first kappa shape index (κ1) is 20.1. The van der Waals surface area contributed by atoms with Gasteiger partial charge in [0, 0.05) is 43.0 Å². The molecule has 0 radical (unpaired) electrons. The Labute approximate surface area is 169 Å². The lowest BCUT2D eigenvalue weighted by Gasteiger charge is -2.35. The first-order valence-corrected chi connectivity index (χ1v) is 9.64. The number of para-hydroxylation sites is 1. The molecule has 148 valence electrons. The number of anilines is 2. The second kappa shape index (κ2) is 9.03. The third-order valence-corrected chi connectivity index (χ3v) is 5.12. The number of nitro benzene ring substituents is 1. The molecule has 1 saturated heterocycles. The van der Waals surface area contributed by atoms with Gasteiger partial charge in [0.2, 0.25) is 5.91 Å². The maximum Gasteiger partial charge on any atom is 0.294 e. The van der Waals surface area contributed by atoms with E-state index in [0.717, 1.165) is 17.7 Å². The Morgan fingerprint density at radius 3 is 2.57 bits per heavy atom. The van der Waals surface area contributed by atoms with Crippen molar-refractivity contribution in [1.82, 2.24) is 4.90 Å². The maximum absolute atomic E-state index is 12.4. The number of piperazine rings is 1. The van der Waals surface area contributed by atoms with Crippen molar-refractivity contribution in [3.8, 4) is 0 Å². The molecular weight excluding hydrogens is 380 g/mol. The number of hydrogen-bond donors (Lipinski definition) is 1. The van der Waals surface area contributed by atoms with Crippen LogP contribution in [0.2, 0.25) is 5.02 Å². The molecule has 7 nitrogen and oxygen atoms in total. The van der Waals surface area contributed by atoms with Gasteiger partial charge in [-0.3, -0.25) is 19.8 Å². The van der Waals surface area contributed by atoms with E-state index >= 15 is 0 Å². The molecule has 28 heavy (non-hydrogen) atoms. The average molecular weight is 403 g/mol. The highest BCUT2D eigenvalue weighted by molar-refractivity contribution is 6.30. The van der Waals surface area contributed by atoms with Gasteiger partial charge in [0.05, 0.1) is 11.5 Å². The Balaban J connectivity index is 1.57. The normalized spacial score (nSPS) is 14.7. The molecule has 1 aliphatic rings. The van der Waals surface area contributed by atoms with E-state index in [0.29, 0.717) is 43.4 Å². The van der Waals surface area contributed by atoms with Crippen LogP contribution in [-0.4, -0.2) is 48.5 Å². The molecule has 0 bridgehead atoms. The number of nitrogens with zero attached hydrogens (tertiary/aromatic N) is 3. The topological polar surface area (TPSA) is 78.7 Å². The van der Waals surface area contributed by atoms with Gasteiger partial charge in [-0.2, -0.15) is 0 Å². The van der Waals surface area contributed by atoms with E-state index in [9.17, 15) is 14.9 Å². The van der Waals surface area contributed by atoms with Gasteiger partial charge in [-0.1, -0.05) is 36.7 Å². The molecule has 0 aliphatic carbocycles. The van der Waals surface area contributed by atoms with E-state index in [1.807, 2.05) is 29.2 Å². The van der Waals surface area contributed by atoms with Crippen LogP contribution in [0.4, 0.5) is 17.1 Å². The van der Waals surface area contributed by atoms with Gasteiger partial charge in [0.1, 0.15) is 5.69 Å². The Kier molecular flexibility index (Phi) is 6.49. The number of benzene rings is 2. The van der Waals surface area contributed by atoms with Crippen molar-refractivity contribution in [1.29, 1.82) is 0 Å². The largest absolute Gasteiger partial charge is 0.363 e. The minimum absolute atomic E-state index is 0.00913. The van der Waals surface area contributed by atoms with Gasteiger partial charge in [0.25, 0.3) is 5.69 Å². The number of hydrogen-bond acceptors (Lipinski definition) is 5. The van der Waals surface area contributed by atoms with Gasteiger partial charge in [0.15, 0.2) is 0 Å². The van der Waals surface area contributed by atoms with Crippen molar-refractivity contribution >= 4 is 34.6 Å².